The van der Waals surface area contributed by atoms with Crippen molar-refractivity contribution in [2.24, 2.45) is 4.99 Å². The van der Waals surface area contributed by atoms with E-state index in [4.69, 9.17) is 16.6 Å². The van der Waals surface area contributed by atoms with E-state index in [1.165, 1.54) is 4.88 Å². The van der Waals surface area contributed by atoms with Gasteiger partial charge in [0.05, 0.1) is 12.1 Å². The van der Waals surface area contributed by atoms with Crippen LogP contribution in [0.1, 0.15) is 56.0 Å². The zero-order valence-electron chi connectivity index (χ0n) is 24.2. The molecule has 0 saturated heterocycles. The molecule has 3 N–H and O–H groups in total. The van der Waals surface area contributed by atoms with Gasteiger partial charge in [-0.15, -0.1) is 21.5 Å². The molecule has 1 aliphatic rings. The van der Waals surface area contributed by atoms with Crippen LogP contribution in [-0.4, -0.2) is 58.5 Å². The Morgan fingerprint density at radius 1 is 1.05 bits per heavy atom. The van der Waals surface area contributed by atoms with Crippen molar-refractivity contribution in [2.75, 3.05) is 13.1 Å². The van der Waals surface area contributed by atoms with Crippen LogP contribution in [0.5, 0.6) is 0 Å². The molecule has 4 aromatic rings. The maximum atomic E-state index is 13.1. The van der Waals surface area contributed by atoms with Crippen molar-refractivity contribution in [3.63, 3.8) is 0 Å². The summed E-state index contributed by atoms with van der Waals surface area (Å²) in [6, 6.07) is 14.0. The Labute approximate surface area is 254 Å². The topological polar surface area (TPSA) is 122 Å². The van der Waals surface area contributed by atoms with Crippen LogP contribution < -0.4 is 15.8 Å². The van der Waals surface area contributed by atoms with Gasteiger partial charge in [-0.2, -0.15) is 0 Å². The van der Waals surface area contributed by atoms with Crippen LogP contribution in [0.3, 0.4) is 0 Å². The number of fused-ring (bicyclic) bond motifs is 3. The number of halogens is 1. The molecule has 0 fully saturated rings. The predicted molar refractivity (Wildman–Crippen MR) is 169 cm³/mol. The van der Waals surface area contributed by atoms with Crippen molar-refractivity contribution in [1.82, 2.24) is 25.4 Å². The first-order valence-electron chi connectivity index (χ1n) is 13.7. The van der Waals surface area contributed by atoms with Gasteiger partial charge in [-0.25, -0.2) is 0 Å². The van der Waals surface area contributed by atoms with Gasteiger partial charge in [0, 0.05) is 39.7 Å². The van der Waals surface area contributed by atoms with E-state index < -0.39 is 14.4 Å². The third-order valence-electron chi connectivity index (χ3n) is 7.30. The Kier molecular flexibility index (Phi) is 8.47. The maximum Gasteiger partial charge on any atom is 0.251 e. The Balaban J connectivity index is 1.32. The van der Waals surface area contributed by atoms with Crippen LogP contribution in [0.4, 0.5) is 0 Å². The molecule has 0 spiro atoms. The molecule has 3 heterocycles. The second-order valence-electron chi connectivity index (χ2n) is 10.9. The summed E-state index contributed by atoms with van der Waals surface area (Å²) < 4.78 is 2.01. The first-order valence-corrected chi connectivity index (χ1v) is 17.8. The van der Waals surface area contributed by atoms with E-state index in [1.807, 2.05) is 54.9 Å². The van der Waals surface area contributed by atoms with Crippen LogP contribution in [0.15, 0.2) is 53.5 Å². The van der Waals surface area contributed by atoms with Crippen molar-refractivity contribution >= 4 is 54.0 Å². The highest BCUT2D eigenvalue weighted by Gasteiger charge is 2.32. The van der Waals surface area contributed by atoms with Gasteiger partial charge in [-0.1, -0.05) is 35.9 Å². The smallest absolute Gasteiger partial charge is 0.251 e. The summed E-state index contributed by atoms with van der Waals surface area (Å²) in [6.45, 7) is 10.2. The predicted octanol–water partition coefficient (Wildman–Crippen LogP) is 4.14. The number of carbonyl (C=O) groups excluding carboxylic acids is 2. The van der Waals surface area contributed by atoms with Gasteiger partial charge in [0.15, 0.2) is 5.82 Å². The highest BCUT2D eigenvalue weighted by molar-refractivity contribution is 7.15. The highest BCUT2D eigenvalue weighted by atomic mass is 35.5. The van der Waals surface area contributed by atoms with Crippen LogP contribution in [0.2, 0.25) is 18.1 Å². The van der Waals surface area contributed by atoms with Crippen molar-refractivity contribution in [3.05, 3.63) is 92.3 Å². The molecule has 2 amide bonds. The van der Waals surface area contributed by atoms with Crippen LogP contribution in [-0.2, 0) is 4.79 Å². The zero-order chi connectivity index (χ0) is 30.2. The lowest BCUT2D eigenvalue weighted by molar-refractivity contribution is -0.121. The molecule has 1 aliphatic heterocycles. The fraction of sp³-hybridized carbons (Fsp3) is 0.300. The third-order valence-corrected chi connectivity index (χ3v) is 10.5. The first-order chi connectivity index (χ1) is 19.9. The second-order valence-corrected chi connectivity index (χ2v) is 16.2. The molecule has 218 valence electrons. The third kappa shape index (κ3) is 6.09. The fourth-order valence-corrected chi connectivity index (χ4v) is 7.25. The lowest BCUT2D eigenvalue weighted by Gasteiger charge is -2.15. The van der Waals surface area contributed by atoms with E-state index in [1.54, 1.807) is 29.5 Å². The second kappa shape index (κ2) is 11.9. The Morgan fingerprint density at radius 2 is 1.76 bits per heavy atom. The Hall–Kier alpha value is -3.64. The summed E-state index contributed by atoms with van der Waals surface area (Å²) >= 11 is 7.84. The highest BCUT2D eigenvalue weighted by Crippen LogP contribution is 2.39. The fourth-order valence-electron chi connectivity index (χ4n) is 4.90. The number of hydrogen-bond acceptors (Lipinski definition) is 7. The largest absolute Gasteiger partial charge is 0.428 e. The molecule has 0 radical (unpaired) electrons. The molecule has 12 heteroatoms. The average molecular weight is 621 g/mol. The average Bonchev–Trinajstić information content (AvgIpc) is 3.43. The lowest BCUT2D eigenvalue weighted by atomic mass is 9.99. The van der Waals surface area contributed by atoms with Gasteiger partial charge in [-0.05, 0) is 68.9 Å². The summed E-state index contributed by atoms with van der Waals surface area (Å²) in [5.74, 6) is 0.863. The number of rotatable bonds is 8. The molecule has 0 unspecified atom stereocenters. The van der Waals surface area contributed by atoms with E-state index in [2.05, 4.69) is 34.7 Å². The first kappa shape index (κ1) is 29.8. The molecule has 1 atom stereocenters. The number of benzene rings is 2. The number of hydrogen-bond donors (Lipinski definition) is 3. The van der Waals surface area contributed by atoms with Gasteiger partial charge in [0.1, 0.15) is 16.9 Å². The lowest BCUT2D eigenvalue weighted by Crippen LogP contribution is -2.42. The van der Waals surface area contributed by atoms with Crippen molar-refractivity contribution in [1.29, 1.82) is 0 Å². The van der Waals surface area contributed by atoms with Crippen LogP contribution >= 0.6 is 22.9 Å². The Morgan fingerprint density at radius 3 is 2.48 bits per heavy atom. The summed E-state index contributed by atoms with van der Waals surface area (Å²) in [5, 5.41) is 16.9. The SMILES string of the molecule is Cc1sc2c(c1C)C(c1ccc(Cl)cc1)=N[C@@H](CC(=O)NCCNC(=O)c1cccc([Si](C)(C)O)c1)c1nnc(C)n1-2. The number of aliphatic imine (C=N–C) groups is 1. The van der Waals surface area contributed by atoms with E-state index in [9.17, 15) is 14.4 Å². The van der Waals surface area contributed by atoms with Gasteiger partial charge in [0.2, 0.25) is 14.2 Å². The van der Waals surface area contributed by atoms with Gasteiger partial charge in [-0.3, -0.25) is 19.1 Å². The molecule has 42 heavy (non-hydrogen) atoms. The molecule has 2 aromatic carbocycles. The summed E-state index contributed by atoms with van der Waals surface area (Å²) in [5.41, 5.74) is 4.30. The van der Waals surface area contributed by atoms with E-state index >= 15 is 0 Å². The number of thiophene rings is 1. The van der Waals surface area contributed by atoms with E-state index in [0.717, 1.165) is 38.4 Å². The summed E-state index contributed by atoms with van der Waals surface area (Å²) in [7, 11) is -2.53. The van der Waals surface area contributed by atoms with E-state index in [0.29, 0.717) is 16.4 Å². The summed E-state index contributed by atoms with van der Waals surface area (Å²) in [4.78, 5) is 42.5. The van der Waals surface area contributed by atoms with Crippen molar-refractivity contribution in [3.8, 4) is 5.00 Å². The standard InChI is InChI=1S/C30H33ClN6O3SSi/c1-17-18(2)41-30-26(17)27(20-9-11-22(31)12-10-20)34-24(28-36-35-19(3)37(28)30)16-25(38)32-13-14-33-29(39)21-7-6-8-23(15-21)42(4,5)40/h6-12,15,24,40H,13-14,16H2,1-5H3,(H,32,38)(H,33,39)/t24-/m0/s1. The molecule has 5 rings (SSSR count). The molecular weight excluding hydrogens is 588 g/mol. The molecule has 0 aliphatic carbocycles. The van der Waals surface area contributed by atoms with Crippen molar-refractivity contribution in [2.45, 2.75) is 46.3 Å². The molecule has 9 nitrogen and oxygen atoms in total. The van der Waals surface area contributed by atoms with Gasteiger partial charge >= 0.3 is 0 Å². The van der Waals surface area contributed by atoms with E-state index in [-0.39, 0.29) is 31.3 Å². The quantitative estimate of drug-likeness (QED) is 0.202. The molecule has 2 aromatic heterocycles. The minimum Gasteiger partial charge on any atom is -0.428 e. The number of aryl methyl sites for hydroxylation is 2. The van der Waals surface area contributed by atoms with Crippen molar-refractivity contribution < 1.29 is 14.4 Å². The molecule has 0 saturated carbocycles. The number of aromatic nitrogens is 3. The molecular formula is C30H33ClN6O3SSi. The van der Waals surface area contributed by atoms with Gasteiger partial charge in [0.25, 0.3) is 5.91 Å². The Bertz CT molecular complexity index is 1690. The minimum absolute atomic E-state index is 0.0639. The number of amides is 2. The van der Waals surface area contributed by atoms with Gasteiger partial charge < -0.3 is 15.4 Å². The summed E-state index contributed by atoms with van der Waals surface area (Å²) in [6.07, 6.45) is 0.0639. The monoisotopic (exact) mass is 620 g/mol. The van der Waals surface area contributed by atoms with Crippen LogP contribution in [0, 0.1) is 20.8 Å². The normalized spacial score (nSPS) is 14.5. The van der Waals surface area contributed by atoms with Crippen LogP contribution in [0.25, 0.3) is 5.00 Å². The minimum atomic E-state index is -2.53. The number of nitrogens with one attached hydrogen (secondary N) is 2. The number of nitrogens with zero attached hydrogens (tertiary/aromatic N) is 4. The maximum absolute atomic E-state index is 13.1. The number of carbonyl (C=O) groups is 2. The zero-order valence-corrected chi connectivity index (χ0v) is 26.7. The molecule has 0 bridgehead atoms.